The van der Waals surface area contributed by atoms with Crippen LogP contribution in [-0.2, 0) is 41.7 Å². The van der Waals surface area contributed by atoms with E-state index in [-0.39, 0.29) is 80.6 Å². The summed E-state index contributed by atoms with van der Waals surface area (Å²) in [6.07, 6.45) is 5.82. The van der Waals surface area contributed by atoms with E-state index in [1.807, 2.05) is 19.1 Å². The lowest BCUT2D eigenvalue weighted by molar-refractivity contribution is -0.137. The van der Waals surface area contributed by atoms with Gasteiger partial charge in [-0.25, -0.2) is 14.6 Å². The summed E-state index contributed by atoms with van der Waals surface area (Å²) in [4.78, 5) is 125. The van der Waals surface area contributed by atoms with Crippen LogP contribution in [0, 0.1) is 25.7 Å². The van der Waals surface area contributed by atoms with Gasteiger partial charge in [0.05, 0.1) is 17.1 Å². The zero-order valence-corrected chi connectivity index (χ0v) is 44.8. The number of benzene rings is 2. The van der Waals surface area contributed by atoms with E-state index < -0.39 is 30.0 Å². The first-order valence-corrected chi connectivity index (χ1v) is 26.5. The van der Waals surface area contributed by atoms with Gasteiger partial charge in [-0.1, -0.05) is 67.5 Å². The van der Waals surface area contributed by atoms with E-state index in [9.17, 15) is 38.4 Å². The van der Waals surface area contributed by atoms with Gasteiger partial charge in [-0.2, -0.15) is 15.0 Å². The van der Waals surface area contributed by atoms with Gasteiger partial charge >= 0.3 is 12.1 Å². The van der Waals surface area contributed by atoms with Crippen molar-refractivity contribution in [1.82, 2.24) is 45.7 Å². The van der Waals surface area contributed by atoms with Crippen LogP contribution in [0.5, 0.6) is 0 Å². The summed E-state index contributed by atoms with van der Waals surface area (Å²) in [6, 6.07) is 10.8. The number of carbonyl (C=O) groups is 8. The fraction of sp³-hybridized carbons (Fsp3) is 0.462. The number of Topliss-reactive ketones (excluding diaryl/α,β-unsaturated/α-hetero) is 2. The number of ketones is 2. The van der Waals surface area contributed by atoms with Crippen molar-refractivity contribution in [3.8, 4) is 0 Å². The number of halogens is 1. The highest BCUT2D eigenvalue weighted by Crippen LogP contribution is 2.27. The number of ether oxygens (including phenoxy) is 1. The van der Waals surface area contributed by atoms with E-state index in [0.717, 1.165) is 16.0 Å². The van der Waals surface area contributed by atoms with Crippen LogP contribution in [0.25, 0.3) is 0 Å². The van der Waals surface area contributed by atoms with E-state index in [4.69, 9.17) is 22.1 Å². The van der Waals surface area contributed by atoms with Crippen molar-refractivity contribution in [2.75, 3.05) is 67.9 Å². The molecule has 4 heterocycles. The molecule has 7 N–H and O–H groups in total. The highest BCUT2D eigenvalue weighted by Gasteiger charge is 2.30. The number of nitrogens with zero attached hydrogens (tertiary/aromatic N) is 7. The third-order valence-electron chi connectivity index (χ3n) is 12.7. The van der Waals surface area contributed by atoms with Crippen molar-refractivity contribution in [2.24, 2.45) is 17.6 Å². The molecule has 2 aliphatic heterocycles. The summed E-state index contributed by atoms with van der Waals surface area (Å²) in [5.74, 6) is -1.53. The quantitative estimate of drug-likeness (QED) is 0.0236. The Morgan fingerprint density at radius 3 is 2.29 bits per heavy atom. The van der Waals surface area contributed by atoms with Gasteiger partial charge in [0.25, 0.3) is 11.8 Å². The molecule has 1 fully saturated rings. The van der Waals surface area contributed by atoms with Crippen LogP contribution in [-0.4, -0.2) is 135 Å². The Morgan fingerprint density at radius 1 is 0.855 bits per heavy atom. The number of nitrogens with one attached hydrogen (secondary N) is 5. The minimum Gasteiger partial charge on any atom is -0.445 e. The van der Waals surface area contributed by atoms with Gasteiger partial charge in [0.15, 0.2) is 16.7 Å². The van der Waals surface area contributed by atoms with Gasteiger partial charge in [-0.3, -0.25) is 43.9 Å². The molecule has 22 nitrogen and oxygen atoms in total. The predicted molar refractivity (Wildman–Crippen MR) is 287 cm³/mol. The average molecular weight is 1080 g/mol. The van der Waals surface area contributed by atoms with E-state index in [2.05, 4.69) is 56.3 Å². The van der Waals surface area contributed by atoms with Crippen LogP contribution in [0.1, 0.15) is 91.0 Å². The van der Waals surface area contributed by atoms with Gasteiger partial charge < -0.3 is 36.6 Å². The number of anilines is 4. The normalized spacial score (nSPS) is 14.3. The van der Waals surface area contributed by atoms with Crippen molar-refractivity contribution >= 4 is 93.0 Å². The summed E-state index contributed by atoms with van der Waals surface area (Å²) < 4.78 is 5.46. The van der Waals surface area contributed by atoms with Crippen molar-refractivity contribution in [2.45, 2.75) is 91.7 Å². The second-order valence-corrected chi connectivity index (χ2v) is 20.3. The fourth-order valence-electron chi connectivity index (χ4n) is 8.48. The molecule has 0 radical (unpaired) electrons. The van der Waals surface area contributed by atoms with Crippen molar-refractivity contribution in [3.63, 3.8) is 0 Å². The van der Waals surface area contributed by atoms with E-state index in [1.54, 1.807) is 51.1 Å². The zero-order chi connectivity index (χ0) is 54.7. The van der Waals surface area contributed by atoms with Crippen LogP contribution in [0.2, 0.25) is 5.02 Å². The third-order valence-corrected chi connectivity index (χ3v) is 14.0. The number of primary amides is 1. The van der Waals surface area contributed by atoms with Crippen molar-refractivity contribution in [3.05, 3.63) is 93.2 Å². The fourth-order valence-corrected chi connectivity index (χ4v) is 9.52. The molecule has 7 amide bonds. The molecule has 0 aliphatic carbocycles. The number of hydrogen-bond acceptors (Lipinski definition) is 17. The number of unbranched alkanes of at least 4 members (excludes halogenated alkanes) is 2. The topological polar surface area (TPSA) is 293 Å². The monoisotopic (exact) mass is 1080 g/mol. The number of aryl methyl sites for hydroxylation is 2. The molecular weight excluding hydrogens is 1020 g/mol. The first-order chi connectivity index (χ1) is 36.4. The maximum absolute atomic E-state index is 13.7. The first-order valence-electron chi connectivity index (χ1n) is 25.3. The molecule has 24 heteroatoms. The SMILES string of the molecule is Cc1nc(Nc2ncc(C(=O)Cc3c(C)cccc3Cl)s2)nc(N2CCN(CCNC(=O)OCc3ccc(NC(=O)[C@H](CCCNC(N)=O)CC(=O)[C@@H](NC(=O)CCCCCN4C(=O)C=CC4=O)C(C)C)cc3)CC2)n1. The van der Waals surface area contributed by atoms with Gasteiger partial charge in [-0.15, -0.1) is 0 Å². The first kappa shape index (κ1) is 57.9. The molecule has 76 heavy (non-hydrogen) atoms. The Balaban J connectivity index is 0.895. The molecule has 406 valence electrons. The third kappa shape index (κ3) is 17.9. The van der Waals surface area contributed by atoms with Gasteiger partial charge in [-0.05, 0) is 80.3 Å². The highest BCUT2D eigenvalue weighted by molar-refractivity contribution is 7.17. The minimum absolute atomic E-state index is 0.0172. The number of nitrogens with two attached hydrogens (primary N) is 1. The molecule has 2 aromatic carbocycles. The maximum atomic E-state index is 13.7. The molecule has 1 saturated heterocycles. The second-order valence-electron chi connectivity index (χ2n) is 18.9. The number of rotatable bonds is 28. The van der Waals surface area contributed by atoms with E-state index in [1.165, 1.54) is 29.7 Å². The van der Waals surface area contributed by atoms with Crippen molar-refractivity contribution < 1.29 is 43.1 Å². The number of amides is 7. The van der Waals surface area contributed by atoms with E-state index in [0.29, 0.717) is 109 Å². The van der Waals surface area contributed by atoms with Crippen LogP contribution in [0.4, 0.5) is 32.3 Å². The summed E-state index contributed by atoms with van der Waals surface area (Å²) in [6.45, 7) is 11.4. The molecule has 2 aliphatic rings. The highest BCUT2D eigenvalue weighted by atomic mass is 35.5. The lowest BCUT2D eigenvalue weighted by Gasteiger charge is -2.34. The number of hydrogen-bond donors (Lipinski definition) is 6. The molecular formula is C52H66ClN13O9S. The average Bonchev–Trinajstić information content (AvgIpc) is 3.99. The number of carbonyl (C=O) groups excluding carboxylic acids is 8. The van der Waals surface area contributed by atoms with Gasteiger partial charge in [0.1, 0.15) is 12.4 Å². The van der Waals surface area contributed by atoms with Gasteiger partial charge in [0, 0.05) is 100 Å². The van der Waals surface area contributed by atoms with Crippen LogP contribution in [0.15, 0.2) is 60.8 Å². The van der Waals surface area contributed by atoms with Crippen LogP contribution in [0.3, 0.4) is 0 Å². The largest absolute Gasteiger partial charge is 0.445 e. The number of alkyl carbamates (subject to hydrolysis) is 1. The van der Waals surface area contributed by atoms with E-state index >= 15 is 0 Å². The Labute approximate surface area is 450 Å². The number of imide groups is 1. The number of aromatic nitrogens is 4. The molecule has 6 rings (SSSR count). The second kappa shape index (κ2) is 28.5. The Bertz CT molecular complexity index is 2710. The Hall–Kier alpha value is -7.37. The molecule has 2 atom stereocenters. The van der Waals surface area contributed by atoms with Crippen molar-refractivity contribution in [1.29, 1.82) is 0 Å². The molecule has 0 saturated carbocycles. The summed E-state index contributed by atoms with van der Waals surface area (Å²) in [5.41, 5.74) is 8.09. The van der Waals surface area contributed by atoms with Crippen LogP contribution < -0.4 is 37.2 Å². The summed E-state index contributed by atoms with van der Waals surface area (Å²) >= 11 is 7.57. The van der Waals surface area contributed by atoms with Gasteiger partial charge in [0.2, 0.25) is 23.7 Å². The summed E-state index contributed by atoms with van der Waals surface area (Å²) in [5, 5.41) is 15.1. The number of urea groups is 1. The lowest BCUT2D eigenvalue weighted by atomic mass is 9.89. The standard InChI is InChI=1S/C52H66ClN13O9S/c1-32(2)46(61-43(69)13-6-5-7-22-66-44(70)18-19-45(66)71)41(68)28-36(11-9-20-55-48(54)73)47(72)60-37-16-14-35(15-17-37)31-75-52(74)56-21-23-64-24-26-65(27-25-64)50-59-34(4)58-49(62-50)63-51-57-30-42(76-51)40(67)29-38-33(3)10-8-12-39(38)53/h8,10,12,14-19,30,32,36,46H,5-7,9,11,13,20-29,31H2,1-4H3,(H,56,74)(H,60,72)(H,61,69)(H3,54,55,73)(H,57,58,59,62,63)/t36-,46+/m1/s1. The van der Waals surface area contributed by atoms with Crippen LogP contribution >= 0.6 is 22.9 Å². The molecule has 0 bridgehead atoms. The Kier molecular flexibility index (Phi) is 21.7. The summed E-state index contributed by atoms with van der Waals surface area (Å²) in [7, 11) is 0. The Morgan fingerprint density at radius 2 is 1.59 bits per heavy atom. The molecule has 0 spiro atoms. The maximum Gasteiger partial charge on any atom is 0.407 e. The molecule has 2 aromatic heterocycles. The number of piperazine rings is 1. The lowest BCUT2D eigenvalue weighted by Crippen LogP contribution is -2.49. The molecule has 0 unspecified atom stereocenters. The predicted octanol–water partition coefficient (Wildman–Crippen LogP) is 5.40. The molecule has 4 aromatic rings. The zero-order valence-electron chi connectivity index (χ0n) is 43.2. The minimum atomic E-state index is -0.842. The smallest absolute Gasteiger partial charge is 0.407 e. The number of thiazole rings is 1.